The molecule has 1 unspecified atom stereocenters. The van der Waals surface area contributed by atoms with E-state index in [0.717, 1.165) is 0 Å². The Morgan fingerprint density at radius 1 is 1.69 bits per heavy atom. The van der Waals surface area contributed by atoms with Gasteiger partial charge in [-0.2, -0.15) is 0 Å². The van der Waals surface area contributed by atoms with Crippen LogP contribution in [0.5, 0.6) is 0 Å². The van der Waals surface area contributed by atoms with Crippen molar-refractivity contribution in [1.82, 2.24) is 5.32 Å². The molecule has 0 aromatic rings. The minimum atomic E-state index is -0.379. The topological polar surface area (TPSA) is 55.4 Å². The zero-order valence-electron chi connectivity index (χ0n) is 7.79. The Bertz CT molecular complexity index is 258. The summed E-state index contributed by atoms with van der Waals surface area (Å²) in [7, 11) is 1.34. The Balaban J connectivity index is 2.51. The first kappa shape index (κ1) is 9.77. The first-order valence-corrected chi connectivity index (χ1v) is 4.25. The number of rotatable bonds is 3. The van der Waals surface area contributed by atoms with Crippen molar-refractivity contribution in [1.29, 1.82) is 0 Å². The lowest BCUT2D eigenvalue weighted by Crippen LogP contribution is -2.30. The molecule has 1 rings (SSSR count). The Labute approximate surface area is 76.9 Å². The van der Waals surface area contributed by atoms with Crippen molar-refractivity contribution < 1.29 is 14.3 Å². The van der Waals surface area contributed by atoms with Gasteiger partial charge in [-0.1, -0.05) is 6.92 Å². The number of Topliss-reactive ketones (excluding diaryl/α,β-unsaturated/α-hetero) is 1. The molecule has 0 radical (unpaired) electrons. The fourth-order valence-electron chi connectivity index (χ4n) is 1.25. The molecule has 1 N–H and O–H groups in total. The van der Waals surface area contributed by atoms with Gasteiger partial charge in [-0.05, 0) is 0 Å². The fraction of sp³-hybridized carbons (Fsp3) is 0.556. The molecule has 0 bridgehead atoms. The maximum atomic E-state index is 11.2. The van der Waals surface area contributed by atoms with Gasteiger partial charge in [0.15, 0.2) is 5.78 Å². The molecule has 0 saturated carbocycles. The van der Waals surface area contributed by atoms with Crippen molar-refractivity contribution in [3.05, 3.63) is 11.8 Å². The second-order valence-corrected chi connectivity index (χ2v) is 2.89. The van der Waals surface area contributed by atoms with Crippen LogP contribution in [0.4, 0.5) is 0 Å². The number of ketones is 1. The molecule has 0 saturated heterocycles. The first-order valence-electron chi connectivity index (χ1n) is 4.25. The highest BCUT2D eigenvalue weighted by Crippen LogP contribution is 2.15. The third-order valence-electron chi connectivity index (χ3n) is 2.05. The summed E-state index contributed by atoms with van der Waals surface area (Å²) < 4.78 is 4.55. The molecular weight excluding hydrogens is 170 g/mol. The number of esters is 1. The molecule has 1 aliphatic rings. The molecule has 72 valence electrons. The third-order valence-corrected chi connectivity index (χ3v) is 2.05. The molecule has 1 heterocycles. The number of carbonyl (C=O) groups excluding carboxylic acids is 2. The minimum absolute atomic E-state index is 0.0823. The number of ether oxygens (including phenoxy) is 1. The second kappa shape index (κ2) is 4.07. The maximum absolute atomic E-state index is 11.2. The molecule has 1 atom stereocenters. The molecule has 0 aromatic heterocycles. The van der Waals surface area contributed by atoms with E-state index in [-0.39, 0.29) is 17.8 Å². The Hall–Kier alpha value is -1.32. The molecule has 4 heteroatoms. The van der Waals surface area contributed by atoms with Crippen LogP contribution >= 0.6 is 0 Å². The van der Waals surface area contributed by atoms with E-state index in [1.54, 1.807) is 13.1 Å². The third kappa shape index (κ3) is 2.08. The van der Waals surface area contributed by atoms with Crippen LogP contribution in [0.3, 0.4) is 0 Å². The zero-order valence-corrected chi connectivity index (χ0v) is 7.79. The van der Waals surface area contributed by atoms with E-state index < -0.39 is 0 Å². The summed E-state index contributed by atoms with van der Waals surface area (Å²) in [5.41, 5.74) is 0.679. The van der Waals surface area contributed by atoms with Crippen LogP contribution in [-0.4, -0.2) is 24.9 Å². The SMILES string of the molecule is CCC(=O)C1=CNC(C(=O)OC)C1. The van der Waals surface area contributed by atoms with Crippen LogP contribution in [0.25, 0.3) is 0 Å². The van der Waals surface area contributed by atoms with Crippen LogP contribution < -0.4 is 5.32 Å². The van der Waals surface area contributed by atoms with Gasteiger partial charge in [-0.3, -0.25) is 4.79 Å². The first-order chi connectivity index (χ1) is 6.19. The summed E-state index contributed by atoms with van der Waals surface area (Å²) in [5.74, 6) is -0.242. The van der Waals surface area contributed by atoms with Gasteiger partial charge in [-0.25, -0.2) is 4.79 Å². The van der Waals surface area contributed by atoms with E-state index in [2.05, 4.69) is 10.1 Å². The van der Waals surface area contributed by atoms with Gasteiger partial charge in [0.2, 0.25) is 0 Å². The Morgan fingerprint density at radius 2 is 2.38 bits per heavy atom. The lowest BCUT2D eigenvalue weighted by atomic mass is 10.1. The Kier molecular flexibility index (Phi) is 3.06. The number of methoxy groups -OCH3 is 1. The number of carbonyl (C=O) groups is 2. The van der Waals surface area contributed by atoms with Crippen molar-refractivity contribution in [3.63, 3.8) is 0 Å². The largest absolute Gasteiger partial charge is 0.467 e. The van der Waals surface area contributed by atoms with Crippen LogP contribution in [0.1, 0.15) is 19.8 Å². The standard InChI is InChI=1S/C9H13NO3/c1-3-8(11)6-4-7(10-5-6)9(12)13-2/h5,7,10H,3-4H2,1-2H3. The van der Waals surface area contributed by atoms with Crippen molar-refractivity contribution in [3.8, 4) is 0 Å². The maximum Gasteiger partial charge on any atom is 0.328 e. The molecule has 13 heavy (non-hydrogen) atoms. The molecular formula is C9H13NO3. The number of hydrogen-bond acceptors (Lipinski definition) is 4. The highest BCUT2D eigenvalue weighted by molar-refractivity contribution is 5.96. The van der Waals surface area contributed by atoms with E-state index in [1.165, 1.54) is 7.11 Å². The fourth-order valence-corrected chi connectivity index (χ4v) is 1.25. The van der Waals surface area contributed by atoms with Gasteiger partial charge in [0.1, 0.15) is 6.04 Å². The molecule has 0 aromatic carbocycles. The summed E-state index contributed by atoms with van der Waals surface area (Å²) in [6.07, 6.45) is 2.52. The van der Waals surface area contributed by atoms with E-state index in [4.69, 9.17) is 0 Å². The van der Waals surface area contributed by atoms with Gasteiger partial charge in [-0.15, -0.1) is 0 Å². The van der Waals surface area contributed by atoms with Gasteiger partial charge in [0.05, 0.1) is 7.11 Å². The van der Waals surface area contributed by atoms with Gasteiger partial charge in [0.25, 0.3) is 0 Å². The average Bonchev–Trinajstić information content (AvgIpc) is 2.64. The normalized spacial score (nSPS) is 20.5. The lowest BCUT2D eigenvalue weighted by Gasteiger charge is -2.07. The molecule has 0 spiro atoms. The predicted molar refractivity (Wildman–Crippen MR) is 46.9 cm³/mol. The average molecular weight is 183 g/mol. The predicted octanol–water partition coefficient (Wildman–Crippen LogP) is 0.384. The van der Waals surface area contributed by atoms with Gasteiger partial charge >= 0.3 is 5.97 Å². The second-order valence-electron chi connectivity index (χ2n) is 2.89. The van der Waals surface area contributed by atoms with Crippen molar-refractivity contribution >= 4 is 11.8 Å². The quantitative estimate of drug-likeness (QED) is 0.643. The summed E-state index contributed by atoms with van der Waals surface area (Å²) in [6, 6.07) is -0.379. The summed E-state index contributed by atoms with van der Waals surface area (Å²) in [4.78, 5) is 22.3. The van der Waals surface area contributed by atoms with Gasteiger partial charge in [0, 0.05) is 24.6 Å². The molecule has 0 fully saturated rings. The van der Waals surface area contributed by atoms with Crippen LogP contribution in [0.15, 0.2) is 11.8 Å². The summed E-state index contributed by atoms with van der Waals surface area (Å²) >= 11 is 0. The van der Waals surface area contributed by atoms with E-state index in [1.807, 2.05) is 0 Å². The molecule has 1 aliphatic heterocycles. The highest BCUT2D eigenvalue weighted by Gasteiger charge is 2.26. The zero-order chi connectivity index (χ0) is 9.84. The van der Waals surface area contributed by atoms with Gasteiger partial charge < -0.3 is 10.1 Å². The van der Waals surface area contributed by atoms with Crippen LogP contribution in [-0.2, 0) is 14.3 Å². The summed E-state index contributed by atoms with van der Waals surface area (Å²) in [5, 5.41) is 2.82. The van der Waals surface area contributed by atoms with E-state index >= 15 is 0 Å². The lowest BCUT2D eigenvalue weighted by molar-refractivity contribution is -0.142. The number of nitrogens with one attached hydrogen (secondary N) is 1. The van der Waals surface area contributed by atoms with Crippen molar-refractivity contribution in [2.75, 3.05) is 7.11 Å². The van der Waals surface area contributed by atoms with E-state index in [0.29, 0.717) is 18.4 Å². The summed E-state index contributed by atoms with van der Waals surface area (Å²) in [6.45, 7) is 1.80. The minimum Gasteiger partial charge on any atom is -0.467 e. The smallest absolute Gasteiger partial charge is 0.328 e. The van der Waals surface area contributed by atoms with Crippen molar-refractivity contribution in [2.24, 2.45) is 0 Å². The monoisotopic (exact) mass is 183 g/mol. The van der Waals surface area contributed by atoms with Crippen LogP contribution in [0, 0.1) is 0 Å². The van der Waals surface area contributed by atoms with Crippen molar-refractivity contribution in [2.45, 2.75) is 25.8 Å². The van der Waals surface area contributed by atoms with Crippen LogP contribution in [0.2, 0.25) is 0 Å². The van der Waals surface area contributed by atoms with E-state index in [9.17, 15) is 9.59 Å². The highest BCUT2D eigenvalue weighted by atomic mass is 16.5. The molecule has 0 aliphatic carbocycles. The molecule has 0 amide bonds. The number of hydrogen-bond donors (Lipinski definition) is 1. The molecule has 4 nitrogen and oxygen atoms in total. The Morgan fingerprint density at radius 3 is 2.92 bits per heavy atom.